The van der Waals surface area contributed by atoms with Gasteiger partial charge in [0.05, 0.1) is 24.2 Å². The summed E-state index contributed by atoms with van der Waals surface area (Å²) in [5.41, 5.74) is 5.50. The standard InChI is InChI=1S/C30H33BrClN5O2/c1-19(2)35-27(38)15-25-18-36(10-11-37(25)28(39)12-20-4-3-9-33-16-20)30-26-8-7-24(32)14-21(26)5-6-22-13-23(31)17-34-29(22)30/h3-4,7-9,13-14,16-17,19,25,30H,5-6,10-12,15,18H2,1-2H3,(H,35,38). The fourth-order valence-corrected chi connectivity index (χ4v) is 6.35. The molecule has 1 aliphatic carbocycles. The van der Waals surface area contributed by atoms with Crippen molar-refractivity contribution >= 4 is 39.3 Å². The minimum absolute atomic E-state index is 0.0144. The molecule has 3 aromatic rings. The smallest absolute Gasteiger partial charge is 0.227 e. The number of fused-ring (bicyclic) bond motifs is 2. The number of aryl methyl sites for hydroxylation is 2. The molecule has 2 unspecified atom stereocenters. The van der Waals surface area contributed by atoms with Crippen LogP contribution in [0.4, 0.5) is 0 Å². The molecule has 2 amide bonds. The SMILES string of the molecule is CC(C)NC(=O)CC1CN(C2c3ccc(Cl)cc3CCc3cc(Br)cnc32)CCN1C(=O)Cc1cccnc1. The first-order valence-electron chi connectivity index (χ1n) is 13.4. The Morgan fingerprint density at radius 2 is 1.95 bits per heavy atom. The summed E-state index contributed by atoms with van der Waals surface area (Å²) in [6.07, 6.45) is 7.54. The second-order valence-electron chi connectivity index (χ2n) is 10.6. The number of hydrogen-bond donors (Lipinski definition) is 1. The van der Waals surface area contributed by atoms with Crippen molar-refractivity contribution in [3.63, 3.8) is 0 Å². The lowest BCUT2D eigenvalue weighted by Crippen LogP contribution is -2.57. The zero-order valence-electron chi connectivity index (χ0n) is 22.2. The fourth-order valence-electron chi connectivity index (χ4n) is 5.77. The van der Waals surface area contributed by atoms with Gasteiger partial charge in [0.15, 0.2) is 0 Å². The molecule has 3 heterocycles. The number of nitrogens with one attached hydrogen (secondary N) is 1. The van der Waals surface area contributed by atoms with E-state index in [4.69, 9.17) is 16.6 Å². The molecule has 0 saturated carbocycles. The van der Waals surface area contributed by atoms with Crippen molar-refractivity contribution in [2.24, 2.45) is 0 Å². The highest BCUT2D eigenvalue weighted by molar-refractivity contribution is 9.10. The molecule has 204 valence electrons. The first-order valence-corrected chi connectivity index (χ1v) is 14.6. The lowest BCUT2D eigenvalue weighted by atomic mass is 9.94. The minimum Gasteiger partial charge on any atom is -0.354 e. The van der Waals surface area contributed by atoms with E-state index < -0.39 is 0 Å². The van der Waals surface area contributed by atoms with E-state index in [1.807, 2.05) is 43.1 Å². The number of nitrogens with zero attached hydrogens (tertiary/aromatic N) is 4. The normalized spacial score (nSPS) is 19.3. The third-order valence-electron chi connectivity index (χ3n) is 7.44. The Bertz CT molecular complexity index is 1300. The van der Waals surface area contributed by atoms with E-state index >= 15 is 0 Å². The Labute approximate surface area is 243 Å². The van der Waals surface area contributed by atoms with Crippen LogP contribution in [-0.4, -0.2) is 63.3 Å². The second-order valence-corrected chi connectivity index (χ2v) is 12.0. The largest absolute Gasteiger partial charge is 0.354 e. The van der Waals surface area contributed by atoms with Crippen LogP contribution in [0, 0.1) is 0 Å². The van der Waals surface area contributed by atoms with Crippen LogP contribution >= 0.6 is 27.5 Å². The first kappa shape index (κ1) is 27.7. The summed E-state index contributed by atoms with van der Waals surface area (Å²) in [6, 6.07) is 11.7. The van der Waals surface area contributed by atoms with Crippen molar-refractivity contribution in [1.29, 1.82) is 0 Å². The number of piperazine rings is 1. The molecule has 0 bridgehead atoms. The molecule has 2 atom stereocenters. The van der Waals surface area contributed by atoms with E-state index in [1.165, 1.54) is 16.7 Å². The van der Waals surface area contributed by atoms with Crippen LogP contribution < -0.4 is 5.32 Å². The first-order chi connectivity index (χ1) is 18.8. The lowest BCUT2D eigenvalue weighted by Gasteiger charge is -2.44. The maximum absolute atomic E-state index is 13.5. The summed E-state index contributed by atoms with van der Waals surface area (Å²) < 4.78 is 0.957. The monoisotopic (exact) mass is 609 g/mol. The number of pyridine rings is 2. The van der Waals surface area contributed by atoms with Crippen LogP contribution in [0.1, 0.15) is 54.3 Å². The lowest BCUT2D eigenvalue weighted by molar-refractivity contribution is -0.137. The molecule has 1 N–H and O–H groups in total. The number of rotatable bonds is 6. The van der Waals surface area contributed by atoms with Crippen LogP contribution in [0.5, 0.6) is 0 Å². The van der Waals surface area contributed by atoms with Crippen LogP contribution in [0.2, 0.25) is 5.02 Å². The number of aromatic nitrogens is 2. The highest BCUT2D eigenvalue weighted by Crippen LogP contribution is 2.38. The number of carbonyl (C=O) groups excluding carboxylic acids is 2. The molecule has 2 aromatic heterocycles. The molecule has 7 nitrogen and oxygen atoms in total. The highest BCUT2D eigenvalue weighted by atomic mass is 79.9. The van der Waals surface area contributed by atoms with E-state index in [1.54, 1.807) is 12.4 Å². The van der Waals surface area contributed by atoms with E-state index in [-0.39, 0.29) is 42.8 Å². The Hall–Kier alpha value is -2.81. The van der Waals surface area contributed by atoms with Gasteiger partial charge in [0.1, 0.15) is 0 Å². The van der Waals surface area contributed by atoms with Gasteiger partial charge in [-0.25, -0.2) is 0 Å². The van der Waals surface area contributed by atoms with Crippen LogP contribution in [-0.2, 0) is 28.9 Å². The molecule has 1 aromatic carbocycles. The fraction of sp³-hybridized carbons (Fsp3) is 0.400. The summed E-state index contributed by atoms with van der Waals surface area (Å²) in [5.74, 6) is -0.0352. The number of amides is 2. The highest BCUT2D eigenvalue weighted by Gasteiger charge is 2.38. The van der Waals surface area contributed by atoms with Crippen molar-refractivity contribution < 1.29 is 9.59 Å². The van der Waals surface area contributed by atoms with Gasteiger partial charge in [-0.2, -0.15) is 0 Å². The Morgan fingerprint density at radius 1 is 1.13 bits per heavy atom. The molecule has 1 saturated heterocycles. The molecule has 39 heavy (non-hydrogen) atoms. The maximum Gasteiger partial charge on any atom is 0.227 e. The predicted octanol–water partition coefficient (Wildman–Crippen LogP) is 4.75. The summed E-state index contributed by atoms with van der Waals surface area (Å²) in [4.78, 5) is 39.8. The number of hydrogen-bond acceptors (Lipinski definition) is 5. The van der Waals surface area contributed by atoms with Gasteiger partial charge in [-0.3, -0.25) is 24.5 Å². The molecule has 0 spiro atoms. The molecular weight excluding hydrogens is 578 g/mol. The second kappa shape index (κ2) is 12.1. The van der Waals surface area contributed by atoms with Crippen LogP contribution in [0.3, 0.4) is 0 Å². The predicted molar refractivity (Wildman–Crippen MR) is 156 cm³/mol. The summed E-state index contributed by atoms with van der Waals surface area (Å²) >= 11 is 10.0. The molecule has 1 aliphatic heterocycles. The summed E-state index contributed by atoms with van der Waals surface area (Å²) in [6.45, 7) is 5.67. The van der Waals surface area contributed by atoms with Crippen LogP contribution in [0.15, 0.2) is 59.5 Å². The molecule has 2 aliphatic rings. The number of carbonyl (C=O) groups is 2. The van der Waals surface area contributed by atoms with Crippen molar-refractivity contribution in [3.05, 3.63) is 92.4 Å². The molecule has 1 fully saturated rings. The number of benzene rings is 1. The Balaban J connectivity index is 1.47. The topological polar surface area (TPSA) is 78.4 Å². The van der Waals surface area contributed by atoms with E-state index in [0.717, 1.165) is 33.6 Å². The summed E-state index contributed by atoms with van der Waals surface area (Å²) in [5, 5.41) is 3.73. The van der Waals surface area contributed by atoms with Gasteiger partial charge in [-0.15, -0.1) is 0 Å². The van der Waals surface area contributed by atoms with Gasteiger partial charge in [0.25, 0.3) is 0 Å². The minimum atomic E-state index is -0.264. The average Bonchev–Trinajstić information content (AvgIpc) is 3.05. The van der Waals surface area contributed by atoms with Gasteiger partial charge >= 0.3 is 0 Å². The van der Waals surface area contributed by atoms with Gasteiger partial charge in [-0.05, 0) is 89.1 Å². The van der Waals surface area contributed by atoms with Gasteiger partial charge < -0.3 is 10.2 Å². The zero-order chi connectivity index (χ0) is 27.5. The van der Waals surface area contributed by atoms with Crippen molar-refractivity contribution in [2.75, 3.05) is 19.6 Å². The molecule has 5 rings (SSSR count). The third-order valence-corrected chi connectivity index (χ3v) is 8.11. The maximum atomic E-state index is 13.5. The van der Waals surface area contributed by atoms with Gasteiger partial charge in [0.2, 0.25) is 11.8 Å². The van der Waals surface area contributed by atoms with E-state index in [2.05, 4.69) is 49.3 Å². The average molecular weight is 611 g/mol. The van der Waals surface area contributed by atoms with E-state index in [0.29, 0.717) is 19.6 Å². The zero-order valence-corrected chi connectivity index (χ0v) is 24.6. The van der Waals surface area contributed by atoms with Crippen molar-refractivity contribution in [1.82, 2.24) is 25.1 Å². The van der Waals surface area contributed by atoms with Crippen molar-refractivity contribution in [2.45, 2.75) is 57.7 Å². The molecular formula is C30H33BrClN5O2. The molecule has 0 radical (unpaired) electrons. The van der Waals surface area contributed by atoms with Gasteiger partial charge in [-0.1, -0.05) is 23.7 Å². The van der Waals surface area contributed by atoms with Gasteiger partial charge in [0, 0.05) is 60.2 Å². The van der Waals surface area contributed by atoms with E-state index in [9.17, 15) is 9.59 Å². The Morgan fingerprint density at radius 3 is 2.72 bits per heavy atom. The quantitative estimate of drug-likeness (QED) is 0.436. The van der Waals surface area contributed by atoms with Crippen LogP contribution in [0.25, 0.3) is 0 Å². The third kappa shape index (κ3) is 6.51. The number of halogens is 2. The van der Waals surface area contributed by atoms with Crippen molar-refractivity contribution in [3.8, 4) is 0 Å². The summed E-state index contributed by atoms with van der Waals surface area (Å²) in [7, 11) is 0. The Kier molecular flexibility index (Phi) is 8.64. The molecule has 9 heteroatoms.